The molecule has 1 saturated heterocycles. The van der Waals surface area contributed by atoms with Gasteiger partial charge in [0.05, 0.1) is 32.6 Å². The number of nitrogens with one attached hydrogen (secondary N) is 1. The summed E-state index contributed by atoms with van der Waals surface area (Å²) in [4.78, 5) is 30.2. The summed E-state index contributed by atoms with van der Waals surface area (Å²) < 4.78 is 16.7. The number of aliphatic imine (C=N–C) groups is 1. The van der Waals surface area contributed by atoms with Crippen molar-refractivity contribution in [1.29, 1.82) is 0 Å². The van der Waals surface area contributed by atoms with Gasteiger partial charge in [0, 0.05) is 18.9 Å². The Bertz CT molecular complexity index is 1050. The zero-order valence-electron chi connectivity index (χ0n) is 19.7. The minimum absolute atomic E-state index is 0.0421. The van der Waals surface area contributed by atoms with Gasteiger partial charge in [0.25, 0.3) is 0 Å². The van der Waals surface area contributed by atoms with Crippen molar-refractivity contribution in [3.8, 4) is 11.5 Å². The molecule has 34 heavy (non-hydrogen) atoms. The first-order chi connectivity index (χ1) is 16.6. The number of ether oxygens (including phenoxy) is 3. The average Bonchev–Trinajstić information content (AvgIpc) is 3.13. The summed E-state index contributed by atoms with van der Waals surface area (Å²) in [5.41, 5.74) is 2.80. The van der Waals surface area contributed by atoms with E-state index in [1.165, 1.54) is 6.92 Å². The number of rotatable bonds is 11. The highest BCUT2D eigenvalue weighted by atomic mass is 16.5. The molecule has 0 spiro atoms. The third kappa shape index (κ3) is 5.50. The number of carbonyl (C=O) groups is 2. The van der Waals surface area contributed by atoms with Crippen LogP contribution in [0.2, 0.25) is 0 Å². The Morgan fingerprint density at radius 1 is 1.09 bits per heavy atom. The number of nitrogens with zero attached hydrogens (tertiary/aromatic N) is 2. The van der Waals surface area contributed by atoms with Crippen LogP contribution in [0, 0.1) is 0 Å². The van der Waals surface area contributed by atoms with Crippen molar-refractivity contribution < 1.29 is 23.8 Å². The Kier molecular flexibility index (Phi) is 7.67. The average molecular weight is 466 g/mol. The lowest BCUT2D eigenvalue weighted by Crippen LogP contribution is -2.38. The van der Waals surface area contributed by atoms with Gasteiger partial charge in [0.1, 0.15) is 6.04 Å². The molecule has 0 aliphatic carbocycles. The molecule has 2 aromatic rings. The second-order valence-corrected chi connectivity index (χ2v) is 8.46. The Morgan fingerprint density at radius 2 is 1.85 bits per heavy atom. The fourth-order valence-corrected chi connectivity index (χ4v) is 4.30. The highest BCUT2D eigenvalue weighted by molar-refractivity contribution is 6.08. The molecule has 0 radical (unpaired) electrons. The Morgan fingerprint density at radius 3 is 2.59 bits per heavy atom. The molecule has 0 aromatic heterocycles. The quantitative estimate of drug-likeness (QED) is 0.402. The van der Waals surface area contributed by atoms with Gasteiger partial charge in [-0.15, -0.1) is 0 Å². The summed E-state index contributed by atoms with van der Waals surface area (Å²) in [7, 11) is 1.63. The van der Waals surface area contributed by atoms with Crippen molar-refractivity contribution in [2.75, 3.05) is 20.3 Å². The molecule has 0 saturated carbocycles. The summed E-state index contributed by atoms with van der Waals surface area (Å²) in [6.07, 6.45) is 4.33. The van der Waals surface area contributed by atoms with Crippen LogP contribution in [0.25, 0.3) is 0 Å². The highest BCUT2D eigenvalue weighted by Gasteiger charge is 2.40. The van der Waals surface area contributed by atoms with Gasteiger partial charge in [-0.05, 0) is 43.4 Å². The molecule has 2 aliphatic rings. The molecular weight excluding hydrogens is 434 g/mol. The zero-order valence-corrected chi connectivity index (χ0v) is 19.7. The maximum Gasteiger partial charge on any atom is 0.302 e. The molecule has 1 fully saturated rings. The van der Waals surface area contributed by atoms with Crippen molar-refractivity contribution in [1.82, 2.24) is 10.2 Å². The largest absolute Gasteiger partial charge is 0.492 e. The van der Waals surface area contributed by atoms with Crippen LogP contribution in [-0.2, 0) is 27.3 Å². The predicted octanol–water partition coefficient (Wildman–Crippen LogP) is 3.74. The van der Waals surface area contributed by atoms with Crippen molar-refractivity contribution in [2.45, 2.75) is 51.6 Å². The number of unbranched alkanes of at least 4 members (excludes halogenated alkanes) is 3. The van der Waals surface area contributed by atoms with Crippen LogP contribution in [0.4, 0.5) is 5.69 Å². The number of carbonyl (C=O) groups excluding carboxylic acids is 2. The van der Waals surface area contributed by atoms with Crippen molar-refractivity contribution in [3.63, 3.8) is 0 Å². The van der Waals surface area contributed by atoms with Crippen LogP contribution in [0.1, 0.15) is 43.7 Å². The van der Waals surface area contributed by atoms with Gasteiger partial charge in [0.2, 0.25) is 11.9 Å². The van der Waals surface area contributed by atoms with Gasteiger partial charge in [-0.1, -0.05) is 30.3 Å². The van der Waals surface area contributed by atoms with Gasteiger partial charge in [-0.25, -0.2) is 4.99 Å². The predicted molar refractivity (Wildman–Crippen MR) is 128 cm³/mol. The van der Waals surface area contributed by atoms with E-state index >= 15 is 0 Å². The number of amides is 1. The van der Waals surface area contributed by atoms with Crippen molar-refractivity contribution >= 4 is 23.5 Å². The first kappa shape index (κ1) is 23.6. The second kappa shape index (κ2) is 11.0. The van der Waals surface area contributed by atoms with Gasteiger partial charge in [-0.3, -0.25) is 14.9 Å². The van der Waals surface area contributed by atoms with E-state index in [1.807, 2.05) is 47.4 Å². The summed E-state index contributed by atoms with van der Waals surface area (Å²) in [5.74, 6) is 1.65. The third-order valence-electron chi connectivity index (χ3n) is 6.02. The first-order valence-corrected chi connectivity index (χ1v) is 11.7. The number of hydrogen-bond donors (Lipinski definition) is 1. The van der Waals surface area contributed by atoms with Gasteiger partial charge < -0.3 is 19.1 Å². The molecule has 2 aromatic carbocycles. The van der Waals surface area contributed by atoms with Crippen LogP contribution in [0.5, 0.6) is 11.5 Å². The lowest BCUT2D eigenvalue weighted by Gasteiger charge is -2.29. The number of fused-ring (bicyclic) bond motifs is 2. The normalized spacial score (nSPS) is 16.3. The van der Waals surface area contributed by atoms with E-state index in [0.717, 1.165) is 42.5 Å². The fraction of sp³-hybridized carbons (Fsp3) is 0.423. The van der Waals surface area contributed by atoms with E-state index in [-0.39, 0.29) is 17.9 Å². The zero-order chi connectivity index (χ0) is 23.9. The minimum Gasteiger partial charge on any atom is -0.492 e. The number of methoxy groups -OCH3 is 1. The number of esters is 1. The summed E-state index contributed by atoms with van der Waals surface area (Å²) in [5, 5.41) is 2.93. The SMILES string of the molecule is COc1c(OCCCCCCOC(C)=O)ccc2c1CN1C(=N2)NC(=O)C1Cc1ccccc1. The Balaban J connectivity index is 1.38. The monoisotopic (exact) mass is 465 g/mol. The van der Waals surface area contributed by atoms with Gasteiger partial charge >= 0.3 is 5.97 Å². The summed E-state index contributed by atoms with van der Waals surface area (Å²) in [6, 6.07) is 13.5. The third-order valence-corrected chi connectivity index (χ3v) is 6.02. The van der Waals surface area contributed by atoms with E-state index in [9.17, 15) is 9.59 Å². The van der Waals surface area contributed by atoms with Crippen LogP contribution >= 0.6 is 0 Å². The smallest absolute Gasteiger partial charge is 0.302 e. The lowest BCUT2D eigenvalue weighted by atomic mass is 10.0. The first-order valence-electron chi connectivity index (χ1n) is 11.7. The maximum atomic E-state index is 12.7. The number of benzene rings is 2. The lowest BCUT2D eigenvalue weighted by molar-refractivity contribution is -0.141. The number of hydrogen-bond acceptors (Lipinski definition) is 7. The molecule has 180 valence electrons. The van der Waals surface area contributed by atoms with Gasteiger partial charge in [0.15, 0.2) is 11.5 Å². The molecule has 1 unspecified atom stereocenters. The van der Waals surface area contributed by atoms with E-state index in [1.54, 1.807) is 7.11 Å². The molecule has 1 atom stereocenters. The van der Waals surface area contributed by atoms with E-state index in [2.05, 4.69) is 10.3 Å². The van der Waals surface area contributed by atoms with E-state index in [0.29, 0.717) is 43.6 Å². The molecule has 0 bridgehead atoms. The molecule has 4 rings (SSSR count). The molecule has 8 heteroatoms. The highest BCUT2D eigenvalue weighted by Crippen LogP contribution is 2.41. The van der Waals surface area contributed by atoms with Crippen LogP contribution in [0.3, 0.4) is 0 Å². The Hall–Kier alpha value is -3.55. The van der Waals surface area contributed by atoms with Crippen LogP contribution in [0.15, 0.2) is 47.5 Å². The molecule has 8 nitrogen and oxygen atoms in total. The molecular formula is C26H31N3O5. The van der Waals surface area contributed by atoms with Crippen molar-refractivity contribution in [2.24, 2.45) is 4.99 Å². The van der Waals surface area contributed by atoms with Crippen LogP contribution in [-0.4, -0.2) is 49.1 Å². The summed E-state index contributed by atoms with van der Waals surface area (Å²) >= 11 is 0. The summed E-state index contributed by atoms with van der Waals surface area (Å²) in [6.45, 7) is 2.97. The second-order valence-electron chi connectivity index (χ2n) is 8.46. The molecule has 2 heterocycles. The van der Waals surface area contributed by atoms with E-state index < -0.39 is 0 Å². The molecule has 1 N–H and O–H groups in total. The van der Waals surface area contributed by atoms with E-state index in [4.69, 9.17) is 14.2 Å². The van der Waals surface area contributed by atoms with Crippen LogP contribution < -0.4 is 14.8 Å². The molecule has 2 aliphatic heterocycles. The van der Waals surface area contributed by atoms with Crippen molar-refractivity contribution in [3.05, 3.63) is 53.6 Å². The standard InChI is InChI=1S/C26H31N3O5/c1-18(30)33-14-8-3-4-9-15-34-23-13-12-21-20(24(23)32-2)17-29-22(25(31)28-26(29)27-21)16-19-10-6-5-7-11-19/h5-7,10-13,22H,3-4,8-9,14-17H2,1-2H3,(H,27,28,31). The Labute approximate surface area is 199 Å². The number of guanidine groups is 1. The van der Waals surface area contributed by atoms with Gasteiger partial charge in [-0.2, -0.15) is 0 Å². The maximum absolute atomic E-state index is 12.7. The molecule has 1 amide bonds. The minimum atomic E-state index is -0.324. The fourth-order valence-electron chi connectivity index (χ4n) is 4.30. The topological polar surface area (TPSA) is 89.5 Å².